The molecule has 25 heavy (non-hydrogen) atoms. The first-order valence-electron chi connectivity index (χ1n) is 8.30. The van der Waals surface area contributed by atoms with Crippen molar-refractivity contribution in [2.24, 2.45) is 11.7 Å². The van der Waals surface area contributed by atoms with Crippen LogP contribution in [0.5, 0.6) is 0 Å². The molecule has 1 aliphatic rings. The zero-order valence-electron chi connectivity index (χ0n) is 14.1. The molecule has 2 aromatic rings. The van der Waals surface area contributed by atoms with Crippen LogP contribution in [-0.2, 0) is 0 Å². The van der Waals surface area contributed by atoms with Crippen LogP contribution in [0.4, 0.5) is 5.69 Å². The highest BCUT2D eigenvalue weighted by Crippen LogP contribution is 2.33. The van der Waals surface area contributed by atoms with E-state index in [-0.39, 0.29) is 23.4 Å². The zero-order chi connectivity index (χ0) is 18.0. The number of nitro benzene ring substituents is 1. The van der Waals surface area contributed by atoms with Gasteiger partial charge >= 0.3 is 0 Å². The summed E-state index contributed by atoms with van der Waals surface area (Å²) in [6, 6.07) is 14.6. The first kappa shape index (κ1) is 17.1. The van der Waals surface area contributed by atoms with Crippen molar-refractivity contribution in [3.63, 3.8) is 0 Å². The molecule has 0 spiro atoms. The van der Waals surface area contributed by atoms with Crippen LogP contribution >= 0.6 is 0 Å². The molecular formula is C19H21N3O3. The van der Waals surface area contributed by atoms with Crippen LogP contribution in [0.2, 0.25) is 0 Å². The van der Waals surface area contributed by atoms with Gasteiger partial charge in [0.05, 0.1) is 4.92 Å². The summed E-state index contributed by atoms with van der Waals surface area (Å²) in [4.78, 5) is 25.1. The molecule has 1 fully saturated rings. The van der Waals surface area contributed by atoms with Crippen molar-refractivity contribution in [2.45, 2.75) is 12.8 Å². The minimum absolute atomic E-state index is 0.0277. The van der Waals surface area contributed by atoms with Crippen LogP contribution in [0.3, 0.4) is 0 Å². The average molecular weight is 339 g/mol. The number of nitro groups is 1. The average Bonchev–Trinajstić information content (AvgIpc) is 3.05. The van der Waals surface area contributed by atoms with Crippen LogP contribution in [-0.4, -0.2) is 35.4 Å². The van der Waals surface area contributed by atoms with Gasteiger partial charge in [0.15, 0.2) is 0 Å². The number of hydrogen-bond donors (Lipinski definition) is 1. The number of likely N-dealkylation sites (tertiary alicyclic amines) is 1. The van der Waals surface area contributed by atoms with Crippen molar-refractivity contribution < 1.29 is 9.72 Å². The second kappa shape index (κ2) is 7.03. The van der Waals surface area contributed by atoms with E-state index in [0.29, 0.717) is 30.8 Å². The summed E-state index contributed by atoms with van der Waals surface area (Å²) < 4.78 is 0. The molecule has 3 rings (SSSR count). The van der Waals surface area contributed by atoms with Crippen LogP contribution in [0.15, 0.2) is 48.5 Å². The highest BCUT2D eigenvalue weighted by Gasteiger charge is 2.35. The minimum atomic E-state index is -0.435. The molecule has 0 bridgehead atoms. The fraction of sp³-hybridized carbons (Fsp3) is 0.316. The number of nitrogens with two attached hydrogens (primary N) is 1. The summed E-state index contributed by atoms with van der Waals surface area (Å²) in [5.41, 5.74) is 8.11. The van der Waals surface area contributed by atoms with E-state index in [1.54, 1.807) is 17.9 Å². The Morgan fingerprint density at radius 3 is 2.56 bits per heavy atom. The monoisotopic (exact) mass is 339 g/mol. The van der Waals surface area contributed by atoms with Gasteiger partial charge < -0.3 is 10.6 Å². The summed E-state index contributed by atoms with van der Waals surface area (Å²) in [6.07, 6.45) is 0. The molecule has 2 aromatic carbocycles. The number of amides is 1. The molecule has 0 radical (unpaired) electrons. The Hall–Kier alpha value is -2.73. The lowest BCUT2D eigenvalue weighted by molar-refractivity contribution is -0.385. The fourth-order valence-corrected chi connectivity index (χ4v) is 3.53. The highest BCUT2D eigenvalue weighted by atomic mass is 16.6. The van der Waals surface area contributed by atoms with E-state index in [9.17, 15) is 14.9 Å². The van der Waals surface area contributed by atoms with Gasteiger partial charge in [-0.05, 0) is 37.1 Å². The molecular weight excluding hydrogens is 318 g/mol. The van der Waals surface area contributed by atoms with Gasteiger partial charge in [-0.3, -0.25) is 14.9 Å². The molecule has 6 nitrogen and oxygen atoms in total. The summed E-state index contributed by atoms with van der Waals surface area (Å²) in [7, 11) is 0. The van der Waals surface area contributed by atoms with Crippen molar-refractivity contribution in [3.05, 3.63) is 75.3 Å². The topological polar surface area (TPSA) is 89.5 Å². The number of benzene rings is 2. The number of carbonyl (C=O) groups excluding carboxylic acids is 1. The normalized spacial score (nSPS) is 19.8. The zero-order valence-corrected chi connectivity index (χ0v) is 14.1. The molecule has 1 saturated heterocycles. The van der Waals surface area contributed by atoms with Crippen molar-refractivity contribution in [1.29, 1.82) is 0 Å². The molecule has 1 amide bonds. The molecule has 1 heterocycles. The van der Waals surface area contributed by atoms with Crippen molar-refractivity contribution >= 4 is 11.6 Å². The largest absolute Gasteiger partial charge is 0.338 e. The predicted octanol–water partition coefficient (Wildman–Crippen LogP) is 2.72. The number of rotatable bonds is 4. The summed E-state index contributed by atoms with van der Waals surface area (Å²) in [6.45, 7) is 3.38. The lowest BCUT2D eigenvalue weighted by Crippen LogP contribution is -2.29. The van der Waals surface area contributed by atoms with Crippen LogP contribution in [0.25, 0.3) is 0 Å². The molecule has 0 aromatic heterocycles. The molecule has 0 aliphatic carbocycles. The van der Waals surface area contributed by atoms with Crippen molar-refractivity contribution in [3.8, 4) is 0 Å². The van der Waals surface area contributed by atoms with Gasteiger partial charge in [0.25, 0.3) is 11.6 Å². The Kier molecular flexibility index (Phi) is 4.81. The van der Waals surface area contributed by atoms with Gasteiger partial charge in [0.1, 0.15) is 0 Å². The van der Waals surface area contributed by atoms with Gasteiger partial charge in [-0.2, -0.15) is 0 Å². The lowest BCUT2D eigenvalue weighted by Gasteiger charge is -2.17. The number of carbonyl (C=O) groups is 1. The maximum Gasteiger partial charge on any atom is 0.272 e. The third-order valence-electron chi connectivity index (χ3n) is 4.90. The molecule has 0 unspecified atom stereocenters. The third kappa shape index (κ3) is 3.39. The molecule has 1 aliphatic heterocycles. The number of nitrogens with zero attached hydrogens (tertiary/aromatic N) is 2. The lowest BCUT2D eigenvalue weighted by atomic mass is 9.89. The van der Waals surface area contributed by atoms with E-state index >= 15 is 0 Å². The van der Waals surface area contributed by atoms with Crippen LogP contribution < -0.4 is 5.73 Å². The second-order valence-corrected chi connectivity index (χ2v) is 6.48. The van der Waals surface area contributed by atoms with Gasteiger partial charge in [-0.1, -0.05) is 30.3 Å². The maximum absolute atomic E-state index is 12.8. The Morgan fingerprint density at radius 2 is 1.96 bits per heavy atom. The number of hydrogen-bond acceptors (Lipinski definition) is 4. The molecule has 0 saturated carbocycles. The standard InChI is InChI=1S/C19H21N3O3/c1-13-9-15(7-8-18(13)22(24)25)19(23)21-11-16(10-20)17(12-21)14-5-3-2-4-6-14/h2-9,16-17H,10-12,20H2,1H3/t16-,17+/m1/s1. The van der Waals surface area contributed by atoms with E-state index in [1.807, 2.05) is 18.2 Å². The van der Waals surface area contributed by atoms with Gasteiger partial charge in [0, 0.05) is 36.2 Å². The van der Waals surface area contributed by atoms with Crippen molar-refractivity contribution in [2.75, 3.05) is 19.6 Å². The quantitative estimate of drug-likeness (QED) is 0.685. The highest BCUT2D eigenvalue weighted by molar-refractivity contribution is 5.95. The predicted molar refractivity (Wildman–Crippen MR) is 95.5 cm³/mol. The van der Waals surface area contributed by atoms with E-state index in [1.165, 1.54) is 17.7 Å². The van der Waals surface area contributed by atoms with E-state index < -0.39 is 4.92 Å². The van der Waals surface area contributed by atoms with Gasteiger partial charge in [-0.15, -0.1) is 0 Å². The van der Waals surface area contributed by atoms with E-state index in [2.05, 4.69) is 12.1 Å². The molecule has 2 N–H and O–H groups in total. The molecule has 2 atom stereocenters. The maximum atomic E-state index is 12.8. The minimum Gasteiger partial charge on any atom is -0.338 e. The van der Waals surface area contributed by atoms with Gasteiger partial charge in [0.2, 0.25) is 0 Å². The molecule has 130 valence electrons. The Morgan fingerprint density at radius 1 is 1.24 bits per heavy atom. The third-order valence-corrected chi connectivity index (χ3v) is 4.90. The summed E-state index contributed by atoms with van der Waals surface area (Å²) >= 11 is 0. The smallest absolute Gasteiger partial charge is 0.272 e. The van der Waals surface area contributed by atoms with E-state index in [0.717, 1.165) is 0 Å². The van der Waals surface area contributed by atoms with Crippen molar-refractivity contribution in [1.82, 2.24) is 4.90 Å². The Labute approximate surface area is 146 Å². The summed E-state index contributed by atoms with van der Waals surface area (Å²) in [5, 5.41) is 10.9. The van der Waals surface area contributed by atoms with E-state index in [4.69, 9.17) is 5.73 Å². The first-order valence-corrected chi connectivity index (χ1v) is 8.30. The Bertz CT molecular complexity index is 792. The van der Waals surface area contributed by atoms with Crippen LogP contribution in [0, 0.1) is 23.0 Å². The SMILES string of the molecule is Cc1cc(C(=O)N2C[C@@H](CN)[C@H](c3ccccc3)C2)ccc1[N+](=O)[O-]. The fourth-order valence-electron chi connectivity index (χ4n) is 3.53. The Balaban J connectivity index is 1.81. The second-order valence-electron chi connectivity index (χ2n) is 6.48. The number of aryl methyl sites for hydroxylation is 1. The summed E-state index contributed by atoms with van der Waals surface area (Å²) in [5.74, 6) is 0.328. The van der Waals surface area contributed by atoms with Crippen LogP contribution in [0.1, 0.15) is 27.4 Å². The van der Waals surface area contributed by atoms with Gasteiger partial charge in [-0.25, -0.2) is 0 Å². The first-order chi connectivity index (χ1) is 12.0. The molecule has 6 heteroatoms.